The van der Waals surface area contributed by atoms with Gasteiger partial charge in [-0.05, 0) is 36.6 Å². The Morgan fingerprint density at radius 1 is 1.05 bits per heavy atom. The first kappa shape index (κ1) is 13.6. The van der Waals surface area contributed by atoms with E-state index in [9.17, 15) is 0 Å². The topological polar surface area (TPSA) is 29.3 Å². The summed E-state index contributed by atoms with van der Waals surface area (Å²) in [6.07, 6.45) is 0. The van der Waals surface area contributed by atoms with E-state index in [2.05, 4.69) is 61.3 Å². The number of rotatable bonds is 4. The molecule has 0 amide bonds. The van der Waals surface area contributed by atoms with Crippen LogP contribution in [0.4, 0.5) is 5.69 Å². The van der Waals surface area contributed by atoms with Gasteiger partial charge in [-0.3, -0.25) is 0 Å². The maximum Gasteiger partial charge on any atom is 0.0428 e. The molecule has 0 bridgehead atoms. The molecule has 2 rings (SSSR count). The zero-order valence-electron chi connectivity index (χ0n) is 11.9. The Hall–Kier alpha value is -1.80. The van der Waals surface area contributed by atoms with E-state index in [0.717, 1.165) is 6.54 Å². The zero-order chi connectivity index (χ0) is 13.8. The minimum Gasteiger partial charge on any atom is -0.370 e. The Morgan fingerprint density at radius 2 is 1.68 bits per heavy atom. The van der Waals surface area contributed by atoms with Crippen molar-refractivity contribution in [1.82, 2.24) is 0 Å². The summed E-state index contributed by atoms with van der Waals surface area (Å²) in [7, 11) is 2.12. The van der Waals surface area contributed by atoms with Gasteiger partial charge in [-0.25, -0.2) is 0 Å². The van der Waals surface area contributed by atoms with Crippen molar-refractivity contribution in [3.63, 3.8) is 0 Å². The largest absolute Gasteiger partial charge is 0.370 e. The fourth-order valence-electron chi connectivity index (χ4n) is 2.35. The molecule has 2 aromatic rings. The van der Waals surface area contributed by atoms with E-state index >= 15 is 0 Å². The lowest BCUT2D eigenvalue weighted by atomic mass is 10.0. The van der Waals surface area contributed by atoms with Gasteiger partial charge in [0.2, 0.25) is 0 Å². The molecule has 0 saturated heterocycles. The van der Waals surface area contributed by atoms with E-state index in [-0.39, 0.29) is 6.04 Å². The molecule has 0 unspecified atom stereocenters. The predicted molar refractivity (Wildman–Crippen MR) is 82.3 cm³/mol. The van der Waals surface area contributed by atoms with Crippen LogP contribution in [0, 0.1) is 6.92 Å². The number of hydrogen-bond donors (Lipinski definition) is 1. The summed E-state index contributed by atoms with van der Waals surface area (Å²) in [5.41, 5.74) is 11.1. The molecule has 0 spiro atoms. The van der Waals surface area contributed by atoms with Gasteiger partial charge in [-0.2, -0.15) is 0 Å². The Labute approximate surface area is 115 Å². The number of aryl methyl sites for hydroxylation is 1. The van der Waals surface area contributed by atoms with Gasteiger partial charge in [-0.1, -0.05) is 42.5 Å². The lowest BCUT2D eigenvalue weighted by Gasteiger charge is -2.24. The van der Waals surface area contributed by atoms with Crippen LogP contribution in [-0.4, -0.2) is 7.05 Å². The monoisotopic (exact) mass is 254 g/mol. The lowest BCUT2D eigenvalue weighted by Crippen LogP contribution is -2.20. The number of para-hydroxylation sites is 1. The highest BCUT2D eigenvalue weighted by atomic mass is 15.1. The molecule has 1 atom stereocenters. The van der Waals surface area contributed by atoms with Crippen molar-refractivity contribution in [3.05, 3.63) is 65.2 Å². The molecule has 2 aromatic carbocycles. The molecule has 0 aliphatic heterocycles. The summed E-state index contributed by atoms with van der Waals surface area (Å²) < 4.78 is 0. The first-order valence-corrected chi connectivity index (χ1v) is 6.69. The summed E-state index contributed by atoms with van der Waals surface area (Å²) in [4.78, 5) is 2.26. The summed E-state index contributed by atoms with van der Waals surface area (Å²) in [6, 6.07) is 16.9. The molecule has 0 aromatic heterocycles. The van der Waals surface area contributed by atoms with Crippen LogP contribution < -0.4 is 10.6 Å². The van der Waals surface area contributed by atoms with E-state index < -0.39 is 0 Å². The normalized spacial score (nSPS) is 12.2. The molecule has 0 radical (unpaired) electrons. The van der Waals surface area contributed by atoms with E-state index in [1.54, 1.807) is 0 Å². The van der Waals surface area contributed by atoms with Crippen molar-refractivity contribution in [3.8, 4) is 0 Å². The van der Waals surface area contributed by atoms with E-state index in [1.165, 1.54) is 22.4 Å². The van der Waals surface area contributed by atoms with Crippen molar-refractivity contribution in [2.45, 2.75) is 26.4 Å². The molecule has 19 heavy (non-hydrogen) atoms. The summed E-state index contributed by atoms with van der Waals surface area (Å²) in [5, 5.41) is 0. The Bertz CT molecular complexity index is 546. The molecule has 0 heterocycles. The highest BCUT2D eigenvalue weighted by Gasteiger charge is 2.10. The quantitative estimate of drug-likeness (QED) is 0.902. The van der Waals surface area contributed by atoms with E-state index in [0.29, 0.717) is 0 Å². The Kier molecular flexibility index (Phi) is 4.23. The average molecular weight is 254 g/mol. The summed E-state index contributed by atoms with van der Waals surface area (Å²) in [6.45, 7) is 5.08. The molecule has 2 heteroatoms. The van der Waals surface area contributed by atoms with Crippen LogP contribution in [0.1, 0.15) is 29.7 Å². The number of nitrogens with zero attached hydrogens (tertiary/aromatic N) is 1. The minimum absolute atomic E-state index is 0.0514. The third-order valence-electron chi connectivity index (χ3n) is 3.51. The second-order valence-corrected chi connectivity index (χ2v) is 5.13. The van der Waals surface area contributed by atoms with Crippen molar-refractivity contribution in [1.29, 1.82) is 0 Å². The molecule has 2 N–H and O–H groups in total. The van der Waals surface area contributed by atoms with Gasteiger partial charge in [-0.15, -0.1) is 0 Å². The number of benzene rings is 2. The van der Waals surface area contributed by atoms with Crippen molar-refractivity contribution >= 4 is 5.69 Å². The summed E-state index contributed by atoms with van der Waals surface area (Å²) in [5.74, 6) is 0. The average Bonchev–Trinajstić information content (AvgIpc) is 2.41. The minimum atomic E-state index is 0.0514. The van der Waals surface area contributed by atoms with Crippen LogP contribution in [0.2, 0.25) is 0 Å². The number of hydrogen-bond acceptors (Lipinski definition) is 2. The third kappa shape index (κ3) is 3.15. The molecule has 0 fully saturated rings. The first-order valence-electron chi connectivity index (χ1n) is 6.69. The zero-order valence-corrected chi connectivity index (χ0v) is 11.9. The number of nitrogens with two attached hydrogens (primary N) is 1. The van der Waals surface area contributed by atoms with Crippen LogP contribution in [0.3, 0.4) is 0 Å². The van der Waals surface area contributed by atoms with Gasteiger partial charge in [0.05, 0.1) is 0 Å². The Morgan fingerprint density at radius 3 is 2.37 bits per heavy atom. The summed E-state index contributed by atoms with van der Waals surface area (Å²) >= 11 is 0. The van der Waals surface area contributed by atoms with Crippen molar-refractivity contribution < 1.29 is 0 Å². The molecular formula is C17H22N2. The van der Waals surface area contributed by atoms with E-state index in [4.69, 9.17) is 5.73 Å². The second kappa shape index (κ2) is 5.89. The van der Waals surface area contributed by atoms with Crippen molar-refractivity contribution in [2.75, 3.05) is 11.9 Å². The smallest absolute Gasteiger partial charge is 0.0428 e. The van der Waals surface area contributed by atoms with Gasteiger partial charge in [0.15, 0.2) is 0 Å². The number of anilines is 1. The van der Waals surface area contributed by atoms with Gasteiger partial charge in [0.25, 0.3) is 0 Å². The molecule has 2 nitrogen and oxygen atoms in total. The van der Waals surface area contributed by atoms with Gasteiger partial charge >= 0.3 is 0 Å². The molecule has 100 valence electrons. The SMILES string of the molecule is Cc1ccccc1CN(C)c1ccccc1[C@H](C)N. The predicted octanol–water partition coefficient (Wildman–Crippen LogP) is 3.65. The fraction of sp³-hybridized carbons (Fsp3) is 0.294. The van der Waals surface area contributed by atoms with Crippen LogP contribution in [0.15, 0.2) is 48.5 Å². The van der Waals surface area contributed by atoms with Crippen LogP contribution >= 0.6 is 0 Å². The van der Waals surface area contributed by atoms with Crippen LogP contribution in [-0.2, 0) is 6.54 Å². The third-order valence-corrected chi connectivity index (χ3v) is 3.51. The molecule has 0 aliphatic rings. The lowest BCUT2D eigenvalue weighted by molar-refractivity contribution is 0.800. The standard InChI is InChI=1S/C17H22N2/c1-13-8-4-5-9-15(13)12-19(3)17-11-7-6-10-16(17)14(2)18/h4-11,14H,12,18H2,1-3H3/t14-/m0/s1. The van der Waals surface area contributed by atoms with Crippen molar-refractivity contribution in [2.24, 2.45) is 5.73 Å². The maximum atomic E-state index is 6.05. The maximum absolute atomic E-state index is 6.05. The van der Waals surface area contributed by atoms with Gasteiger partial charge in [0, 0.05) is 25.3 Å². The highest BCUT2D eigenvalue weighted by molar-refractivity contribution is 5.54. The Balaban J connectivity index is 2.26. The van der Waals surface area contributed by atoms with Gasteiger partial charge in [0.1, 0.15) is 0 Å². The van der Waals surface area contributed by atoms with E-state index in [1.807, 2.05) is 13.0 Å². The fourth-order valence-corrected chi connectivity index (χ4v) is 2.35. The van der Waals surface area contributed by atoms with Crippen LogP contribution in [0.25, 0.3) is 0 Å². The first-order chi connectivity index (χ1) is 9.09. The second-order valence-electron chi connectivity index (χ2n) is 5.13. The van der Waals surface area contributed by atoms with Gasteiger partial charge < -0.3 is 10.6 Å². The van der Waals surface area contributed by atoms with Crippen LogP contribution in [0.5, 0.6) is 0 Å². The highest BCUT2D eigenvalue weighted by Crippen LogP contribution is 2.25. The molecule has 0 aliphatic carbocycles. The molecular weight excluding hydrogens is 232 g/mol. The molecule has 0 saturated carbocycles.